The predicted molar refractivity (Wildman–Crippen MR) is 141 cm³/mol. The topological polar surface area (TPSA) is 94.7 Å². The van der Waals surface area contributed by atoms with Gasteiger partial charge in [-0.3, -0.25) is 0 Å². The minimum absolute atomic E-state index is 0.351. The summed E-state index contributed by atoms with van der Waals surface area (Å²) in [5, 5.41) is 9.06. The average molecular weight is 515 g/mol. The van der Waals surface area contributed by atoms with E-state index in [1.54, 1.807) is 45.4 Å². The largest absolute Gasteiger partial charge is 0.424 e. The van der Waals surface area contributed by atoms with Crippen molar-refractivity contribution in [1.29, 1.82) is 0 Å². The van der Waals surface area contributed by atoms with Crippen LogP contribution >= 0.6 is 0 Å². The third-order valence-corrected chi connectivity index (χ3v) is 6.44. The Kier molecular flexibility index (Phi) is 7.39. The molecule has 10 nitrogen and oxygen atoms in total. The molecule has 0 aliphatic carbocycles. The molecule has 2 aromatic carbocycles. The van der Waals surface area contributed by atoms with Gasteiger partial charge in [0.1, 0.15) is 0 Å². The number of carbonyl (C=O) groups is 2. The van der Waals surface area contributed by atoms with E-state index in [9.17, 15) is 9.59 Å². The molecule has 3 heterocycles. The molecule has 38 heavy (non-hydrogen) atoms. The molecule has 1 aliphatic rings. The number of rotatable bonds is 6. The molecule has 0 N–H and O–H groups in total. The Hall–Kier alpha value is -4.60. The van der Waals surface area contributed by atoms with Crippen LogP contribution in [0.2, 0.25) is 0 Å². The Morgan fingerprint density at radius 3 is 1.37 bits per heavy atom. The smallest absolute Gasteiger partial charge is 0.411 e. The third-order valence-electron chi connectivity index (χ3n) is 6.44. The summed E-state index contributed by atoms with van der Waals surface area (Å²) in [6.07, 6.45) is 1.55. The van der Waals surface area contributed by atoms with E-state index in [2.05, 4.69) is 10.2 Å². The van der Waals surface area contributed by atoms with E-state index in [0.717, 1.165) is 22.5 Å². The molecule has 0 spiro atoms. The predicted octanol–water partition coefficient (Wildman–Crippen LogP) is 5.04. The molecular weight excluding hydrogens is 484 g/mol. The Bertz CT molecular complexity index is 1260. The number of nitrogens with zero attached hydrogens (tertiary/aromatic N) is 6. The van der Waals surface area contributed by atoms with Crippen molar-refractivity contribution in [3.8, 4) is 22.5 Å². The van der Waals surface area contributed by atoms with E-state index >= 15 is 0 Å². The summed E-state index contributed by atoms with van der Waals surface area (Å²) >= 11 is 0. The van der Waals surface area contributed by atoms with Crippen LogP contribution in [0.25, 0.3) is 22.5 Å². The summed E-state index contributed by atoms with van der Waals surface area (Å²) in [6.45, 7) is 4.94. The molecule has 0 radical (unpaired) electrons. The molecule has 4 aromatic rings. The molecule has 0 bridgehead atoms. The second kappa shape index (κ2) is 11.2. The number of piperazine rings is 1. The van der Waals surface area contributed by atoms with Crippen LogP contribution in [0.1, 0.15) is 26.3 Å². The highest BCUT2D eigenvalue weighted by Gasteiger charge is 2.28. The number of amides is 2. The molecule has 2 atom stereocenters. The highest BCUT2D eigenvalue weighted by molar-refractivity contribution is 5.70. The van der Waals surface area contributed by atoms with Crippen molar-refractivity contribution in [2.45, 2.75) is 26.3 Å². The Morgan fingerprint density at radius 1 is 0.632 bits per heavy atom. The van der Waals surface area contributed by atoms with E-state index in [1.165, 1.54) is 0 Å². The second-order valence-corrected chi connectivity index (χ2v) is 9.03. The van der Waals surface area contributed by atoms with Crippen molar-refractivity contribution in [3.63, 3.8) is 0 Å². The molecule has 0 unspecified atom stereocenters. The molecular formula is C28H30N6O4. The minimum atomic E-state index is -0.571. The van der Waals surface area contributed by atoms with Crippen LogP contribution in [-0.4, -0.2) is 67.7 Å². The van der Waals surface area contributed by atoms with Gasteiger partial charge in [-0.25, -0.2) is 19.0 Å². The standard InChI is InChI=1S/C28H30N6O4/c1-21(33-15-13-25(29-33)23-9-5-3-6-10-23)37-27(35)31-17-19-32(20-18-31)28(36)38-22(2)34-16-14-26(30-34)24-11-7-4-8-12-24/h3-16,21-22H,17-20H2,1-2H3/t21-,22-/m1/s1. The normalized spacial score (nSPS) is 15.1. The van der Waals surface area contributed by atoms with Crippen molar-refractivity contribution in [1.82, 2.24) is 29.4 Å². The molecule has 1 saturated heterocycles. The number of hydrogen-bond donors (Lipinski definition) is 0. The maximum atomic E-state index is 12.7. The zero-order valence-corrected chi connectivity index (χ0v) is 21.4. The molecule has 0 saturated carbocycles. The fraction of sp³-hybridized carbons (Fsp3) is 0.286. The summed E-state index contributed by atoms with van der Waals surface area (Å²) in [6, 6.07) is 23.4. The van der Waals surface area contributed by atoms with E-state index in [1.807, 2.05) is 72.8 Å². The number of aromatic nitrogens is 4. The SMILES string of the molecule is C[C@@H](OC(=O)N1CCN(C(=O)O[C@H](C)n2ccc(-c3ccccc3)n2)CC1)n1ccc(-c2ccccc2)n1. The quantitative estimate of drug-likeness (QED) is 0.358. The van der Waals surface area contributed by atoms with Gasteiger partial charge in [-0.15, -0.1) is 0 Å². The first-order valence-corrected chi connectivity index (χ1v) is 12.6. The first-order valence-electron chi connectivity index (χ1n) is 12.6. The van der Waals surface area contributed by atoms with Gasteiger partial charge < -0.3 is 19.3 Å². The van der Waals surface area contributed by atoms with Crippen LogP contribution in [0.4, 0.5) is 9.59 Å². The summed E-state index contributed by atoms with van der Waals surface area (Å²) in [4.78, 5) is 28.6. The van der Waals surface area contributed by atoms with Crippen molar-refractivity contribution in [2.24, 2.45) is 0 Å². The fourth-order valence-electron chi connectivity index (χ4n) is 4.23. The molecule has 5 rings (SSSR count). The molecule has 10 heteroatoms. The van der Waals surface area contributed by atoms with Crippen LogP contribution in [-0.2, 0) is 9.47 Å². The molecule has 2 aromatic heterocycles. The monoisotopic (exact) mass is 514 g/mol. The highest BCUT2D eigenvalue weighted by Crippen LogP contribution is 2.20. The van der Waals surface area contributed by atoms with E-state index in [0.29, 0.717) is 26.2 Å². The number of ether oxygens (including phenoxy) is 2. The lowest BCUT2D eigenvalue weighted by atomic mass is 10.2. The minimum Gasteiger partial charge on any atom is -0.424 e. The van der Waals surface area contributed by atoms with Crippen molar-refractivity contribution < 1.29 is 19.1 Å². The van der Waals surface area contributed by atoms with E-state index in [-0.39, 0.29) is 0 Å². The fourth-order valence-corrected chi connectivity index (χ4v) is 4.23. The Balaban J connectivity index is 1.09. The maximum absolute atomic E-state index is 12.7. The lowest BCUT2D eigenvalue weighted by Crippen LogP contribution is -2.51. The van der Waals surface area contributed by atoms with Gasteiger partial charge >= 0.3 is 12.2 Å². The van der Waals surface area contributed by atoms with Gasteiger partial charge in [0.2, 0.25) is 0 Å². The van der Waals surface area contributed by atoms with E-state index < -0.39 is 24.6 Å². The van der Waals surface area contributed by atoms with Gasteiger partial charge in [-0.05, 0) is 26.0 Å². The average Bonchev–Trinajstić information content (AvgIpc) is 3.65. The van der Waals surface area contributed by atoms with Crippen LogP contribution in [0, 0.1) is 0 Å². The number of hydrogen-bond acceptors (Lipinski definition) is 6. The first-order chi connectivity index (χ1) is 18.5. The van der Waals surface area contributed by atoms with Gasteiger partial charge in [0.25, 0.3) is 0 Å². The van der Waals surface area contributed by atoms with Crippen molar-refractivity contribution in [2.75, 3.05) is 26.2 Å². The lowest BCUT2D eigenvalue weighted by Gasteiger charge is -2.34. The molecule has 1 aliphatic heterocycles. The summed E-state index contributed by atoms with van der Waals surface area (Å²) in [5.74, 6) is 0. The number of benzene rings is 2. The molecule has 2 amide bonds. The number of carbonyl (C=O) groups excluding carboxylic acids is 2. The summed E-state index contributed by atoms with van der Waals surface area (Å²) in [5.41, 5.74) is 3.60. The van der Waals surface area contributed by atoms with Gasteiger partial charge in [0.15, 0.2) is 12.5 Å². The second-order valence-electron chi connectivity index (χ2n) is 9.03. The first kappa shape index (κ1) is 25.1. The van der Waals surface area contributed by atoms with Crippen LogP contribution in [0.15, 0.2) is 85.2 Å². The van der Waals surface area contributed by atoms with Gasteiger partial charge in [-0.2, -0.15) is 10.2 Å². The van der Waals surface area contributed by atoms with Crippen molar-refractivity contribution >= 4 is 12.2 Å². The Labute approximate surface area is 221 Å². The zero-order chi connectivity index (χ0) is 26.5. The van der Waals surface area contributed by atoms with Gasteiger partial charge in [0.05, 0.1) is 11.4 Å². The Morgan fingerprint density at radius 2 is 1.00 bits per heavy atom. The maximum Gasteiger partial charge on any atom is 0.411 e. The highest BCUT2D eigenvalue weighted by atomic mass is 16.6. The van der Waals surface area contributed by atoms with Gasteiger partial charge in [0, 0.05) is 49.7 Å². The van der Waals surface area contributed by atoms with Crippen molar-refractivity contribution in [3.05, 3.63) is 85.2 Å². The van der Waals surface area contributed by atoms with Crippen LogP contribution in [0.5, 0.6) is 0 Å². The van der Waals surface area contributed by atoms with Crippen LogP contribution in [0.3, 0.4) is 0 Å². The summed E-state index contributed by atoms with van der Waals surface area (Å²) in [7, 11) is 0. The molecule has 1 fully saturated rings. The third kappa shape index (κ3) is 5.69. The van der Waals surface area contributed by atoms with Gasteiger partial charge in [-0.1, -0.05) is 60.7 Å². The zero-order valence-electron chi connectivity index (χ0n) is 21.4. The summed E-state index contributed by atoms with van der Waals surface area (Å²) < 4.78 is 14.5. The molecule has 196 valence electrons. The van der Waals surface area contributed by atoms with Crippen LogP contribution < -0.4 is 0 Å². The lowest BCUT2D eigenvalue weighted by molar-refractivity contribution is 0.00595. The van der Waals surface area contributed by atoms with E-state index in [4.69, 9.17) is 9.47 Å².